The van der Waals surface area contributed by atoms with E-state index in [1.807, 2.05) is 0 Å². The zero-order valence-corrected chi connectivity index (χ0v) is 11.5. The number of urea groups is 1. The van der Waals surface area contributed by atoms with Gasteiger partial charge in [0.05, 0.1) is 17.8 Å². The molecule has 1 aromatic carbocycles. The average molecular weight is 290 g/mol. The molecule has 3 N–H and O–H groups in total. The van der Waals surface area contributed by atoms with Crippen LogP contribution in [-0.2, 0) is 6.54 Å². The highest BCUT2D eigenvalue weighted by molar-refractivity contribution is 6.01. The molecule has 8 nitrogen and oxygen atoms in total. The lowest BCUT2D eigenvalue weighted by atomic mass is 10.1. The van der Waals surface area contributed by atoms with E-state index in [9.17, 15) is 9.59 Å². The van der Waals surface area contributed by atoms with Gasteiger partial charge in [0, 0.05) is 6.92 Å². The van der Waals surface area contributed by atoms with Crippen LogP contribution in [-0.4, -0.2) is 27.2 Å². The molecule has 1 aromatic heterocycles. The van der Waals surface area contributed by atoms with E-state index >= 15 is 0 Å². The third-order valence-electron chi connectivity index (χ3n) is 2.71. The summed E-state index contributed by atoms with van der Waals surface area (Å²) >= 11 is 0. The van der Waals surface area contributed by atoms with Crippen molar-refractivity contribution in [2.24, 2.45) is 0 Å². The molecule has 0 atom stereocenters. The molecule has 0 saturated heterocycles. The minimum Gasteiger partial charge on any atom is -0.478 e. The summed E-state index contributed by atoms with van der Waals surface area (Å²) in [6.07, 6.45) is 0. The lowest BCUT2D eigenvalue weighted by molar-refractivity contribution is 0.0697. The van der Waals surface area contributed by atoms with E-state index in [1.54, 1.807) is 26.0 Å². The summed E-state index contributed by atoms with van der Waals surface area (Å²) in [7, 11) is 0. The predicted octanol–water partition coefficient (Wildman–Crippen LogP) is 1.71. The van der Waals surface area contributed by atoms with E-state index in [1.165, 1.54) is 6.07 Å². The Bertz CT molecular complexity index is 681. The number of rotatable bonds is 4. The molecule has 2 amide bonds. The number of carboxylic acid groups (broad SMARTS) is 1. The number of benzene rings is 1. The summed E-state index contributed by atoms with van der Waals surface area (Å²) in [5.74, 6) is -0.360. The Balaban J connectivity index is 2.03. The maximum Gasteiger partial charge on any atom is 0.338 e. The molecule has 0 aliphatic heterocycles. The molecular weight excluding hydrogens is 276 g/mol. The molecule has 2 rings (SSSR count). The molecule has 21 heavy (non-hydrogen) atoms. The smallest absolute Gasteiger partial charge is 0.338 e. The molecule has 0 spiro atoms. The molecule has 1 heterocycles. The van der Waals surface area contributed by atoms with Gasteiger partial charge in [-0.1, -0.05) is 17.3 Å². The minimum absolute atomic E-state index is 0.0584. The standard InChI is InChI=1S/C13H14N4O4/c1-7-4-3-5-9(11(7)12(18)19)16-13(20)14-6-10-15-8(2)21-17-10/h3-5H,6H2,1-2H3,(H,18,19)(H2,14,16,20). The van der Waals surface area contributed by atoms with Crippen LogP contribution in [0.1, 0.15) is 27.6 Å². The van der Waals surface area contributed by atoms with E-state index in [-0.39, 0.29) is 17.8 Å². The van der Waals surface area contributed by atoms with Crippen molar-refractivity contribution < 1.29 is 19.2 Å². The third kappa shape index (κ3) is 3.56. The van der Waals surface area contributed by atoms with Crippen molar-refractivity contribution in [3.05, 3.63) is 41.0 Å². The first kappa shape index (κ1) is 14.5. The maximum absolute atomic E-state index is 11.8. The minimum atomic E-state index is -1.10. The fourth-order valence-electron chi connectivity index (χ4n) is 1.79. The van der Waals surface area contributed by atoms with Crippen LogP contribution in [0.5, 0.6) is 0 Å². The zero-order chi connectivity index (χ0) is 15.4. The van der Waals surface area contributed by atoms with Gasteiger partial charge in [-0.05, 0) is 18.6 Å². The SMILES string of the molecule is Cc1nc(CNC(=O)Nc2cccc(C)c2C(=O)O)no1. The van der Waals surface area contributed by atoms with Crippen molar-refractivity contribution in [2.75, 3.05) is 5.32 Å². The van der Waals surface area contributed by atoms with Crippen LogP contribution in [0.2, 0.25) is 0 Å². The van der Waals surface area contributed by atoms with E-state index in [0.29, 0.717) is 17.3 Å². The van der Waals surface area contributed by atoms with Gasteiger partial charge in [0.25, 0.3) is 0 Å². The van der Waals surface area contributed by atoms with Crippen molar-refractivity contribution in [2.45, 2.75) is 20.4 Å². The number of hydrogen-bond donors (Lipinski definition) is 3. The largest absolute Gasteiger partial charge is 0.478 e. The third-order valence-corrected chi connectivity index (χ3v) is 2.71. The number of amides is 2. The van der Waals surface area contributed by atoms with Gasteiger partial charge in [-0.2, -0.15) is 4.98 Å². The Hall–Kier alpha value is -2.90. The summed E-state index contributed by atoms with van der Waals surface area (Å²) in [6, 6.07) is 4.30. The van der Waals surface area contributed by atoms with Crippen LogP contribution in [0.3, 0.4) is 0 Å². The number of carboxylic acids is 1. The highest BCUT2D eigenvalue weighted by Gasteiger charge is 2.15. The van der Waals surface area contributed by atoms with Crippen molar-refractivity contribution in [3.63, 3.8) is 0 Å². The van der Waals surface area contributed by atoms with E-state index in [0.717, 1.165) is 0 Å². The number of aromatic carboxylic acids is 1. The number of anilines is 1. The Kier molecular flexibility index (Phi) is 4.17. The van der Waals surface area contributed by atoms with E-state index < -0.39 is 12.0 Å². The number of aromatic nitrogens is 2. The van der Waals surface area contributed by atoms with Crippen molar-refractivity contribution in [3.8, 4) is 0 Å². The molecule has 110 valence electrons. The Morgan fingerprint density at radius 3 is 2.71 bits per heavy atom. The first-order valence-corrected chi connectivity index (χ1v) is 6.14. The van der Waals surface area contributed by atoms with Gasteiger partial charge in [-0.15, -0.1) is 0 Å². The number of nitrogens with one attached hydrogen (secondary N) is 2. The molecule has 0 radical (unpaired) electrons. The van der Waals surface area contributed by atoms with Crippen LogP contribution in [0, 0.1) is 13.8 Å². The Morgan fingerprint density at radius 2 is 2.10 bits per heavy atom. The predicted molar refractivity (Wildman–Crippen MR) is 73.0 cm³/mol. The van der Waals surface area contributed by atoms with E-state index in [2.05, 4.69) is 20.8 Å². The summed E-state index contributed by atoms with van der Waals surface area (Å²) in [5.41, 5.74) is 0.849. The van der Waals surface area contributed by atoms with E-state index in [4.69, 9.17) is 9.63 Å². The highest BCUT2D eigenvalue weighted by atomic mass is 16.5. The van der Waals surface area contributed by atoms with Gasteiger partial charge < -0.3 is 20.3 Å². The second-order valence-corrected chi connectivity index (χ2v) is 4.34. The number of hydrogen-bond acceptors (Lipinski definition) is 5. The molecular formula is C13H14N4O4. The fraction of sp³-hybridized carbons (Fsp3) is 0.231. The molecule has 0 bridgehead atoms. The lowest BCUT2D eigenvalue weighted by Gasteiger charge is -2.10. The molecule has 0 unspecified atom stereocenters. The zero-order valence-electron chi connectivity index (χ0n) is 11.5. The van der Waals surface area contributed by atoms with Crippen LogP contribution < -0.4 is 10.6 Å². The topological polar surface area (TPSA) is 117 Å². The van der Waals surface area contributed by atoms with Gasteiger partial charge in [0.1, 0.15) is 0 Å². The summed E-state index contributed by atoms with van der Waals surface area (Å²) < 4.78 is 4.77. The first-order chi connectivity index (χ1) is 9.97. The van der Waals surface area contributed by atoms with Gasteiger partial charge in [-0.3, -0.25) is 0 Å². The average Bonchev–Trinajstić information content (AvgIpc) is 2.82. The van der Waals surface area contributed by atoms with Gasteiger partial charge >= 0.3 is 12.0 Å². The summed E-state index contributed by atoms with van der Waals surface area (Å²) in [6.45, 7) is 3.38. The second kappa shape index (κ2) is 6.04. The quantitative estimate of drug-likeness (QED) is 0.789. The van der Waals surface area contributed by atoms with Gasteiger partial charge in [-0.25, -0.2) is 9.59 Å². The lowest BCUT2D eigenvalue weighted by Crippen LogP contribution is -2.29. The fourth-order valence-corrected chi connectivity index (χ4v) is 1.79. The molecule has 2 aromatic rings. The normalized spacial score (nSPS) is 10.2. The van der Waals surface area contributed by atoms with Crippen LogP contribution in [0.4, 0.5) is 10.5 Å². The van der Waals surface area contributed by atoms with Crippen LogP contribution in [0.25, 0.3) is 0 Å². The monoisotopic (exact) mass is 290 g/mol. The molecule has 0 aliphatic rings. The molecule has 0 aliphatic carbocycles. The number of carbonyl (C=O) groups is 2. The van der Waals surface area contributed by atoms with Crippen LogP contribution in [0.15, 0.2) is 22.7 Å². The maximum atomic E-state index is 11.8. The Morgan fingerprint density at radius 1 is 1.33 bits per heavy atom. The van der Waals surface area contributed by atoms with Crippen LogP contribution >= 0.6 is 0 Å². The van der Waals surface area contributed by atoms with Crippen molar-refractivity contribution >= 4 is 17.7 Å². The van der Waals surface area contributed by atoms with Crippen molar-refractivity contribution in [1.29, 1.82) is 0 Å². The second-order valence-electron chi connectivity index (χ2n) is 4.34. The van der Waals surface area contributed by atoms with Gasteiger partial charge in [0.2, 0.25) is 5.89 Å². The first-order valence-electron chi connectivity index (χ1n) is 6.14. The number of aryl methyl sites for hydroxylation is 2. The molecule has 8 heteroatoms. The molecule has 0 fully saturated rings. The molecule has 0 saturated carbocycles. The highest BCUT2D eigenvalue weighted by Crippen LogP contribution is 2.19. The number of nitrogens with zero attached hydrogens (tertiary/aromatic N) is 2. The van der Waals surface area contributed by atoms with Gasteiger partial charge in [0.15, 0.2) is 5.82 Å². The van der Waals surface area contributed by atoms with Crippen molar-refractivity contribution in [1.82, 2.24) is 15.5 Å². The Labute approximate surface area is 120 Å². The summed E-state index contributed by atoms with van der Waals surface area (Å²) in [4.78, 5) is 26.9. The summed E-state index contributed by atoms with van der Waals surface area (Å²) in [5, 5.41) is 17.8. The number of carbonyl (C=O) groups excluding carboxylic acids is 1.